The third kappa shape index (κ3) is 1.72. The first-order chi connectivity index (χ1) is 6.27. The molecule has 0 fully saturated rings. The monoisotopic (exact) mass is 193 g/mol. The zero-order valence-electron chi connectivity index (χ0n) is 7.64. The van der Waals surface area contributed by atoms with Crippen molar-refractivity contribution in [3.63, 3.8) is 0 Å². The van der Waals surface area contributed by atoms with Crippen LogP contribution in [0.5, 0.6) is 0 Å². The van der Waals surface area contributed by atoms with Crippen molar-refractivity contribution in [3.8, 4) is 0 Å². The van der Waals surface area contributed by atoms with E-state index in [-0.39, 0.29) is 0 Å². The van der Waals surface area contributed by atoms with Crippen molar-refractivity contribution in [2.24, 2.45) is 4.99 Å². The van der Waals surface area contributed by atoms with Gasteiger partial charge in [-0.3, -0.25) is 15.0 Å². The summed E-state index contributed by atoms with van der Waals surface area (Å²) in [5.41, 5.74) is 0.892. The maximum atomic E-state index is 4.52. The molecule has 0 aliphatic carbocycles. The molecular weight excluding hydrogens is 182 g/mol. The predicted octanol–water partition coefficient (Wildman–Crippen LogP) is 1.75. The second-order valence-corrected chi connectivity index (χ2v) is 4.45. The number of nitrogens with zero attached hydrogens (tertiary/aromatic N) is 3. The molecule has 4 heteroatoms. The van der Waals surface area contributed by atoms with Crippen molar-refractivity contribution in [1.29, 1.82) is 0 Å². The number of thioether (sulfide) groups is 1. The van der Waals surface area contributed by atoms with E-state index in [4.69, 9.17) is 0 Å². The third-order valence-corrected chi connectivity index (χ3v) is 3.38. The van der Waals surface area contributed by atoms with E-state index in [2.05, 4.69) is 28.8 Å². The van der Waals surface area contributed by atoms with Crippen LogP contribution in [0, 0.1) is 0 Å². The van der Waals surface area contributed by atoms with Crippen molar-refractivity contribution < 1.29 is 0 Å². The second-order valence-electron chi connectivity index (χ2n) is 3.09. The van der Waals surface area contributed by atoms with Gasteiger partial charge in [-0.05, 0) is 6.92 Å². The lowest BCUT2D eigenvalue weighted by Crippen LogP contribution is -2.07. The Morgan fingerprint density at radius 2 is 2.15 bits per heavy atom. The Hall–Kier alpha value is -0.900. The molecule has 13 heavy (non-hydrogen) atoms. The van der Waals surface area contributed by atoms with Gasteiger partial charge in [0.1, 0.15) is 10.7 Å². The molecule has 68 valence electrons. The lowest BCUT2D eigenvalue weighted by Gasteiger charge is -2.03. The minimum Gasteiger partial charge on any atom is -0.272 e. The molecule has 0 spiro atoms. The van der Waals surface area contributed by atoms with Crippen LogP contribution >= 0.6 is 11.8 Å². The van der Waals surface area contributed by atoms with E-state index in [0.29, 0.717) is 11.3 Å². The largest absolute Gasteiger partial charge is 0.272 e. The van der Waals surface area contributed by atoms with E-state index >= 15 is 0 Å². The van der Waals surface area contributed by atoms with E-state index in [1.165, 1.54) is 0 Å². The van der Waals surface area contributed by atoms with Gasteiger partial charge in [-0.2, -0.15) is 0 Å². The quantitative estimate of drug-likeness (QED) is 0.682. The van der Waals surface area contributed by atoms with Gasteiger partial charge < -0.3 is 0 Å². The molecule has 0 saturated carbocycles. The van der Waals surface area contributed by atoms with E-state index < -0.39 is 0 Å². The van der Waals surface area contributed by atoms with Crippen LogP contribution in [0.2, 0.25) is 0 Å². The Labute approximate surface area is 81.7 Å². The molecule has 0 amide bonds. The van der Waals surface area contributed by atoms with Crippen molar-refractivity contribution in [2.75, 3.05) is 0 Å². The Morgan fingerprint density at radius 1 is 1.31 bits per heavy atom. The first-order valence-corrected chi connectivity index (χ1v) is 5.16. The summed E-state index contributed by atoms with van der Waals surface area (Å²) in [5, 5.41) is 1.57. The fraction of sp³-hybridized carbons (Fsp3) is 0.444. The highest BCUT2D eigenvalue weighted by molar-refractivity contribution is 8.15. The van der Waals surface area contributed by atoms with Crippen LogP contribution < -0.4 is 0 Å². The average Bonchev–Trinajstić information content (AvgIpc) is 2.49. The zero-order valence-corrected chi connectivity index (χ0v) is 8.45. The molecule has 1 aliphatic heterocycles. The predicted molar refractivity (Wildman–Crippen MR) is 55.1 cm³/mol. The highest BCUT2D eigenvalue weighted by Gasteiger charge is 2.23. The second kappa shape index (κ2) is 3.46. The van der Waals surface area contributed by atoms with Gasteiger partial charge in [-0.25, -0.2) is 0 Å². The number of aliphatic imine (C=N–C) groups is 1. The van der Waals surface area contributed by atoms with Gasteiger partial charge >= 0.3 is 0 Å². The highest BCUT2D eigenvalue weighted by atomic mass is 32.2. The van der Waals surface area contributed by atoms with Crippen molar-refractivity contribution in [3.05, 3.63) is 24.3 Å². The summed E-state index contributed by atoms with van der Waals surface area (Å²) >= 11 is 1.77. The standard InChI is InChI=1S/C9H11N3S/c1-6-7(2)13-9(12-6)8-5-10-3-4-11-8/h3-7H,1-2H3. The van der Waals surface area contributed by atoms with Crippen LogP contribution in [0.1, 0.15) is 19.5 Å². The molecule has 3 nitrogen and oxygen atoms in total. The molecule has 1 aromatic heterocycles. The molecule has 2 atom stereocenters. The summed E-state index contributed by atoms with van der Waals surface area (Å²) < 4.78 is 0. The van der Waals surface area contributed by atoms with E-state index in [9.17, 15) is 0 Å². The van der Waals surface area contributed by atoms with Crippen LogP contribution in [-0.2, 0) is 0 Å². The Balaban J connectivity index is 2.25. The van der Waals surface area contributed by atoms with Crippen LogP contribution in [-0.4, -0.2) is 26.3 Å². The van der Waals surface area contributed by atoms with Gasteiger partial charge in [0.05, 0.1) is 12.2 Å². The molecule has 1 aliphatic rings. The fourth-order valence-corrected chi connectivity index (χ4v) is 2.19. The van der Waals surface area contributed by atoms with Crippen molar-refractivity contribution in [1.82, 2.24) is 9.97 Å². The van der Waals surface area contributed by atoms with Gasteiger partial charge in [-0.15, -0.1) is 0 Å². The number of aromatic nitrogens is 2. The van der Waals surface area contributed by atoms with E-state index in [0.717, 1.165) is 10.7 Å². The summed E-state index contributed by atoms with van der Waals surface area (Å²) in [6.45, 7) is 4.31. The molecular formula is C9H11N3S. The lowest BCUT2D eigenvalue weighted by atomic mass is 10.3. The summed E-state index contributed by atoms with van der Waals surface area (Å²) in [6.07, 6.45) is 5.14. The van der Waals surface area contributed by atoms with Crippen LogP contribution in [0.25, 0.3) is 0 Å². The van der Waals surface area contributed by atoms with Crippen molar-refractivity contribution >= 4 is 16.8 Å². The molecule has 0 N–H and O–H groups in total. The Bertz CT molecular complexity index is 323. The Morgan fingerprint density at radius 3 is 2.69 bits per heavy atom. The maximum absolute atomic E-state index is 4.52. The Kier molecular flexibility index (Phi) is 2.31. The first kappa shape index (κ1) is 8.69. The van der Waals surface area contributed by atoms with Crippen LogP contribution in [0.15, 0.2) is 23.6 Å². The van der Waals surface area contributed by atoms with Gasteiger partial charge in [0.15, 0.2) is 0 Å². The average molecular weight is 193 g/mol. The van der Waals surface area contributed by atoms with Gasteiger partial charge in [0.25, 0.3) is 0 Å². The van der Waals surface area contributed by atoms with Gasteiger partial charge in [0.2, 0.25) is 0 Å². The normalized spacial score (nSPS) is 27.4. The molecule has 2 rings (SSSR count). The fourth-order valence-electron chi connectivity index (χ4n) is 1.13. The molecule has 0 aromatic carbocycles. The third-order valence-electron chi connectivity index (χ3n) is 2.08. The SMILES string of the molecule is CC1N=C(c2cnccn2)SC1C. The summed E-state index contributed by atoms with van der Waals surface area (Å²) in [7, 11) is 0. The molecule has 0 radical (unpaired) electrons. The molecule has 2 unspecified atom stereocenters. The molecule has 0 saturated heterocycles. The number of rotatable bonds is 1. The smallest absolute Gasteiger partial charge is 0.118 e. The van der Waals surface area contributed by atoms with Crippen molar-refractivity contribution in [2.45, 2.75) is 25.1 Å². The van der Waals surface area contributed by atoms with Crippen LogP contribution in [0.4, 0.5) is 0 Å². The molecule has 1 aromatic rings. The summed E-state index contributed by atoms with van der Waals surface area (Å²) in [4.78, 5) is 12.8. The van der Waals surface area contributed by atoms with E-state index in [1.54, 1.807) is 30.4 Å². The maximum Gasteiger partial charge on any atom is 0.118 e. The topological polar surface area (TPSA) is 38.1 Å². The minimum atomic E-state index is 0.391. The van der Waals surface area contributed by atoms with Gasteiger partial charge in [0, 0.05) is 17.6 Å². The zero-order chi connectivity index (χ0) is 9.26. The van der Waals surface area contributed by atoms with Crippen LogP contribution in [0.3, 0.4) is 0 Å². The number of hydrogen-bond acceptors (Lipinski definition) is 4. The lowest BCUT2D eigenvalue weighted by molar-refractivity contribution is 0.749. The number of hydrogen-bond donors (Lipinski definition) is 0. The highest BCUT2D eigenvalue weighted by Crippen LogP contribution is 2.28. The van der Waals surface area contributed by atoms with Gasteiger partial charge in [-0.1, -0.05) is 18.7 Å². The summed E-state index contributed by atoms with van der Waals surface area (Å²) in [6, 6.07) is 0.391. The van der Waals surface area contributed by atoms with E-state index in [1.807, 2.05) is 0 Å². The first-order valence-electron chi connectivity index (χ1n) is 4.28. The summed E-state index contributed by atoms with van der Waals surface area (Å²) in [5.74, 6) is 0. The molecule has 0 bridgehead atoms. The minimum absolute atomic E-state index is 0.391. The molecule has 2 heterocycles.